The third kappa shape index (κ3) is 3.33. The second-order valence-corrected chi connectivity index (χ2v) is 4.80. The summed E-state index contributed by atoms with van der Waals surface area (Å²) in [6.07, 6.45) is 0. The molecule has 1 amide bonds. The molecule has 5 heteroatoms. The predicted octanol–water partition coefficient (Wildman–Crippen LogP) is 4.11. The van der Waals surface area contributed by atoms with Crippen molar-refractivity contribution in [3.63, 3.8) is 0 Å². The van der Waals surface area contributed by atoms with Crippen molar-refractivity contribution in [1.82, 2.24) is 5.32 Å². The van der Waals surface area contributed by atoms with Gasteiger partial charge in [0.2, 0.25) is 0 Å². The smallest absolute Gasteiger partial charge is 0.251 e. The van der Waals surface area contributed by atoms with Gasteiger partial charge in [-0.3, -0.25) is 4.79 Å². The van der Waals surface area contributed by atoms with Gasteiger partial charge in [0.25, 0.3) is 5.91 Å². The molecule has 2 aromatic carbocycles. The van der Waals surface area contributed by atoms with Crippen LogP contribution in [0.3, 0.4) is 0 Å². The van der Waals surface area contributed by atoms with E-state index in [4.69, 9.17) is 11.6 Å². The number of hydrogen-bond donors (Lipinski definition) is 1. The fraction of sp³-hybridized carbons (Fsp3) is 0.133. The molecule has 20 heavy (non-hydrogen) atoms. The van der Waals surface area contributed by atoms with Crippen LogP contribution in [0, 0.1) is 11.6 Å². The summed E-state index contributed by atoms with van der Waals surface area (Å²) >= 11 is 5.73. The monoisotopic (exact) mass is 295 g/mol. The number of halogens is 3. The van der Waals surface area contributed by atoms with Crippen molar-refractivity contribution in [1.29, 1.82) is 0 Å². The van der Waals surface area contributed by atoms with E-state index in [1.165, 1.54) is 0 Å². The average molecular weight is 296 g/mol. The second kappa shape index (κ2) is 6.01. The lowest BCUT2D eigenvalue weighted by molar-refractivity contribution is 0.0939. The first-order valence-corrected chi connectivity index (χ1v) is 6.36. The van der Waals surface area contributed by atoms with Crippen LogP contribution in [-0.4, -0.2) is 5.91 Å². The van der Waals surface area contributed by atoms with Crippen molar-refractivity contribution < 1.29 is 13.6 Å². The topological polar surface area (TPSA) is 29.1 Å². The minimum absolute atomic E-state index is 0.104. The van der Waals surface area contributed by atoms with Gasteiger partial charge in [0.1, 0.15) is 11.6 Å². The van der Waals surface area contributed by atoms with Crippen LogP contribution in [0.25, 0.3) is 0 Å². The van der Waals surface area contributed by atoms with Gasteiger partial charge < -0.3 is 5.32 Å². The molecule has 0 spiro atoms. The molecule has 2 nitrogen and oxygen atoms in total. The molecule has 0 radical (unpaired) electrons. The van der Waals surface area contributed by atoms with Gasteiger partial charge in [0.05, 0.1) is 6.04 Å². The van der Waals surface area contributed by atoms with Crippen LogP contribution in [0.5, 0.6) is 0 Å². The van der Waals surface area contributed by atoms with E-state index < -0.39 is 17.7 Å². The molecule has 0 aliphatic rings. The van der Waals surface area contributed by atoms with Crippen LogP contribution in [0.4, 0.5) is 8.78 Å². The molecule has 0 aliphatic heterocycles. The van der Waals surface area contributed by atoms with Crippen LogP contribution in [0.1, 0.15) is 28.9 Å². The summed E-state index contributed by atoms with van der Waals surface area (Å²) in [5.74, 6) is -1.48. The quantitative estimate of drug-likeness (QED) is 0.907. The van der Waals surface area contributed by atoms with Crippen molar-refractivity contribution in [2.24, 2.45) is 0 Å². The zero-order chi connectivity index (χ0) is 14.7. The number of carbonyl (C=O) groups is 1. The zero-order valence-corrected chi connectivity index (χ0v) is 11.4. The molecule has 104 valence electrons. The molecule has 0 fully saturated rings. The largest absolute Gasteiger partial charge is 0.345 e. The van der Waals surface area contributed by atoms with Gasteiger partial charge in [-0.25, -0.2) is 8.78 Å². The van der Waals surface area contributed by atoms with Crippen LogP contribution in [-0.2, 0) is 0 Å². The van der Waals surface area contributed by atoms with Gasteiger partial charge in [-0.15, -0.1) is 0 Å². The number of rotatable bonds is 3. The number of nitrogens with one attached hydrogen (secondary N) is 1. The summed E-state index contributed by atoms with van der Waals surface area (Å²) in [5.41, 5.74) is 0.505. The lowest BCUT2D eigenvalue weighted by Gasteiger charge is -2.15. The zero-order valence-electron chi connectivity index (χ0n) is 10.7. The standard InChI is InChI=1S/C15H12ClF2NO/c1-9(13-8-12(17)6-7-14(13)18)19-15(20)10-2-4-11(16)5-3-10/h2-9H,1H3,(H,19,20). The van der Waals surface area contributed by atoms with Crippen molar-refractivity contribution in [2.75, 3.05) is 0 Å². The van der Waals surface area contributed by atoms with Crippen molar-refractivity contribution in [3.05, 3.63) is 70.2 Å². The third-order valence-electron chi connectivity index (χ3n) is 2.88. The molecular formula is C15H12ClF2NO. The number of benzene rings is 2. The Morgan fingerprint density at radius 2 is 1.80 bits per heavy atom. The van der Waals surface area contributed by atoms with E-state index in [0.717, 1.165) is 18.2 Å². The van der Waals surface area contributed by atoms with Crippen molar-refractivity contribution in [3.8, 4) is 0 Å². The maximum atomic E-state index is 13.6. The van der Waals surface area contributed by atoms with E-state index in [9.17, 15) is 13.6 Å². The molecule has 0 aliphatic carbocycles. The van der Waals surface area contributed by atoms with Crippen LogP contribution in [0.15, 0.2) is 42.5 Å². The van der Waals surface area contributed by atoms with E-state index in [2.05, 4.69) is 5.32 Å². The highest BCUT2D eigenvalue weighted by Crippen LogP contribution is 2.19. The first-order chi connectivity index (χ1) is 9.47. The Morgan fingerprint density at radius 3 is 2.45 bits per heavy atom. The molecule has 2 aromatic rings. The minimum atomic E-state index is -0.645. The lowest BCUT2D eigenvalue weighted by atomic mass is 10.1. The van der Waals surface area contributed by atoms with E-state index in [1.807, 2.05) is 0 Å². The molecule has 0 saturated heterocycles. The van der Waals surface area contributed by atoms with Gasteiger partial charge in [-0.05, 0) is 49.4 Å². The Labute approximate surface area is 120 Å². The highest BCUT2D eigenvalue weighted by atomic mass is 35.5. The predicted molar refractivity (Wildman–Crippen MR) is 73.7 cm³/mol. The summed E-state index contributed by atoms with van der Waals surface area (Å²) in [6.45, 7) is 1.59. The van der Waals surface area contributed by atoms with E-state index in [-0.39, 0.29) is 11.5 Å². The Morgan fingerprint density at radius 1 is 1.15 bits per heavy atom. The molecule has 0 heterocycles. The summed E-state index contributed by atoms with van der Waals surface area (Å²) < 4.78 is 26.7. The van der Waals surface area contributed by atoms with Crippen LogP contribution < -0.4 is 5.32 Å². The van der Waals surface area contributed by atoms with Gasteiger partial charge in [0.15, 0.2) is 0 Å². The molecule has 0 saturated carbocycles. The fourth-order valence-corrected chi connectivity index (χ4v) is 1.93. The fourth-order valence-electron chi connectivity index (χ4n) is 1.81. The summed E-state index contributed by atoms with van der Waals surface area (Å²) in [6, 6.07) is 8.80. The summed E-state index contributed by atoms with van der Waals surface area (Å²) in [5, 5.41) is 3.13. The SMILES string of the molecule is CC(NC(=O)c1ccc(Cl)cc1)c1cc(F)ccc1F. The van der Waals surface area contributed by atoms with Gasteiger partial charge >= 0.3 is 0 Å². The molecule has 1 atom stereocenters. The van der Waals surface area contributed by atoms with Gasteiger partial charge in [-0.1, -0.05) is 11.6 Å². The lowest BCUT2D eigenvalue weighted by Crippen LogP contribution is -2.27. The molecular weight excluding hydrogens is 284 g/mol. The number of carbonyl (C=O) groups excluding carboxylic acids is 1. The van der Waals surface area contributed by atoms with E-state index in [0.29, 0.717) is 10.6 Å². The molecule has 1 N–H and O–H groups in total. The minimum Gasteiger partial charge on any atom is -0.345 e. The second-order valence-electron chi connectivity index (χ2n) is 4.37. The van der Waals surface area contributed by atoms with Crippen molar-refractivity contribution >= 4 is 17.5 Å². The van der Waals surface area contributed by atoms with Crippen molar-refractivity contribution in [2.45, 2.75) is 13.0 Å². The Bertz CT molecular complexity index is 628. The Kier molecular flexibility index (Phi) is 4.35. The maximum absolute atomic E-state index is 13.6. The molecule has 0 aromatic heterocycles. The number of amides is 1. The Balaban J connectivity index is 2.15. The van der Waals surface area contributed by atoms with Gasteiger partial charge in [-0.2, -0.15) is 0 Å². The van der Waals surface area contributed by atoms with E-state index in [1.54, 1.807) is 31.2 Å². The summed E-state index contributed by atoms with van der Waals surface area (Å²) in [7, 11) is 0. The van der Waals surface area contributed by atoms with E-state index >= 15 is 0 Å². The Hall–Kier alpha value is -1.94. The van der Waals surface area contributed by atoms with Gasteiger partial charge in [0, 0.05) is 16.1 Å². The maximum Gasteiger partial charge on any atom is 0.251 e. The average Bonchev–Trinajstić information content (AvgIpc) is 2.42. The van der Waals surface area contributed by atoms with Crippen LogP contribution in [0.2, 0.25) is 5.02 Å². The highest BCUT2D eigenvalue weighted by molar-refractivity contribution is 6.30. The molecule has 0 bridgehead atoms. The number of hydrogen-bond acceptors (Lipinski definition) is 1. The molecule has 1 unspecified atom stereocenters. The first kappa shape index (κ1) is 14.5. The van der Waals surface area contributed by atoms with Crippen LogP contribution >= 0.6 is 11.6 Å². The summed E-state index contributed by atoms with van der Waals surface area (Å²) in [4.78, 5) is 12.0. The molecule has 2 rings (SSSR count). The third-order valence-corrected chi connectivity index (χ3v) is 3.13. The first-order valence-electron chi connectivity index (χ1n) is 5.99. The normalized spacial score (nSPS) is 12.0. The highest BCUT2D eigenvalue weighted by Gasteiger charge is 2.15.